The molecule has 1 aliphatic rings. The van der Waals surface area contributed by atoms with E-state index in [4.69, 9.17) is 16.3 Å². The lowest BCUT2D eigenvalue weighted by Crippen LogP contribution is -2.35. The molecule has 0 fully saturated rings. The minimum absolute atomic E-state index is 0.0311. The van der Waals surface area contributed by atoms with Crippen molar-refractivity contribution in [1.29, 1.82) is 0 Å². The summed E-state index contributed by atoms with van der Waals surface area (Å²) >= 11 is 5.76. The summed E-state index contributed by atoms with van der Waals surface area (Å²) in [6.07, 6.45) is 0. The van der Waals surface area contributed by atoms with Gasteiger partial charge in [-0.3, -0.25) is 5.32 Å². The molecule has 2 N–H and O–H groups in total. The number of nitrogens with zero attached hydrogens (tertiary/aromatic N) is 3. The predicted octanol–water partition coefficient (Wildman–Crippen LogP) is 0.783. The first-order chi connectivity index (χ1) is 13.0. The molecule has 2 amide bonds. The molecule has 14 heteroatoms. The Morgan fingerprint density at radius 2 is 2.04 bits per heavy atom. The van der Waals surface area contributed by atoms with Gasteiger partial charge in [-0.15, -0.1) is 0 Å². The zero-order valence-electron chi connectivity index (χ0n) is 14.5. The molecule has 0 saturated heterocycles. The van der Waals surface area contributed by atoms with E-state index >= 15 is 0 Å². The first-order valence-corrected chi connectivity index (χ1v) is 10.9. The molecule has 11 nitrogen and oxygen atoms in total. The Morgan fingerprint density at radius 1 is 1.32 bits per heavy atom. The van der Waals surface area contributed by atoms with Crippen LogP contribution in [0.25, 0.3) is 0 Å². The second kappa shape index (κ2) is 7.16. The fraction of sp³-hybridized carbons (Fsp3) is 0.214. The number of rotatable bonds is 4. The van der Waals surface area contributed by atoms with Crippen LogP contribution in [0.3, 0.4) is 0 Å². The minimum Gasteiger partial charge on any atom is -0.481 e. The van der Waals surface area contributed by atoms with Crippen molar-refractivity contribution in [3.05, 3.63) is 35.0 Å². The number of sulfonamides is 2. The number of carbonyl (C=O) groups excluding carboxylic acids is 1. The minimum atomic E-state index is -4.51. The number of fused-ring (bicyclic) bond motifs is 1. The molecule has 3 rings (SSSR count). The first kappa shape index (κ1) is 20.3. The quantitative estimate of drug-likeness (QED) is 0.653. The Kier molecular flexibility index (Phi) is 5.18. The molecule has 0 spiro atoms. The molecule has 0 radical (unpaired) electrons. The average molecular weight is 448 g/mol. The van der Waals surface area contributed by atoms with E-state index in [-0.39, 0.29) is 28.4 Å². The van der Waals surface area contributed by atoms with Crippen LogP contribution in [0, 0.1) is 0 Å². The SMILES string of the molecule is COc1cc(Cl)nc(NC(=O)NS(=O)(=O)c2cccc3c2S(=O)(=O)N(C)C3)n1. The molecule has 28 heavy (non-hydrogen) atoms. The highest BCUT2D eigenvalue weighted by Crippen LogP contribution is 2.34. The number of methoxy groups -OCH3 is 1. The van der Waals surface area contributed by atoms with Crippen LogP contribution in [-0.4, -0.2) is 51.3 Å². The monoisotopic (exact) mass is 447 g/mol. The summed E-state index contributed by atoms with van der Waals surface area (Å²) in [5.41, 5.74) is 0.314. The number of carbonyl (C=O) groups is 1. The van der Waals surface area contributed by atoms with Crippen LogP contribution in [0.4, 0.5) is 10.7 Å². The lowest BCUT2D eigenvalue weighted by Gasteiger charge is -2.12. The normalized spacial score (nSPS) is 15.7. The van der Waals surface area contributed by atoms with E-state index in [1.807, 2.05) is 0 Å². The van der Waals surface area contributed by atoms with Crippen molar-refractivity contribution in [2.75, 3.05) is 19.5 Å². The van der Waals surface area contributed by atoms with Gasteiger partial charge in [-0.1, -0.05) is 23.7 Å². The molecule has 1 aliphatic heterocycles. The molecule has 2 aromatic rings. The number of halogens is 1. The highest BCUT2D eigenvalue weighted by atomic mass is 35.5. The van der Waals surface area contributed by atoms with Gasteiger partial charge in [-0.2, -0.15) is 9.29 Å². The Labute approximate surface area is 165 Å². The third kappa shape index (κ3) is 3.73. The van der Waals surface area contributed by atoms with Crippen molar-refractivity contribution in [2.45, 2.75) is 16.3 Å². The van der Waals surface area contributed by atoms with Gasteiger partial charge in [-0.25, -0.2) is 31.3 Å². The van der Waals surface area contributed by atoms with Gasteiger partial charge < -0.3 is 4.74 Å². The van der Waals surface area contributed by atoms with Crippen LogP contribution < -0.4 is 14.8 Å². The van der Waals surface area contributed by atoms with Crippen molar-refractivity contribution in [1.82, 2.24) is 19.0 Å². The topological polar surface area (TPSA) is 148 Å². The maximum absolute atomic E-state index is 12.6. The lowest BCUT2D eigenvalue weighted by molar-refractivity contribution is 0.256. The van der Waals surface area contributed by atoms with Crippen molar-refractivity contribution < 1.29 is 26.4 Å². The van der Waals surface area contributed by atoms with Gasteiger partial charge in [0.25, 0.3) is 10.0 Å². The Hall–Kier alpha value is -2.48. The molecule has 150 valence electrons. The molecule has 0 atom stereocenters. The predicted molar refractivity (Wildman–Crippen MR) is 98.0 cm³/mol. The molecule has 0 aliphatic carbocycles. The molecule has 2 heterocycles. The standard InChI is InChI=1S/C14H14ClN5O6S2/c1-20-7-8-4-3-5-9(12(8)28(20,24)25)27(22,23)19-14(21)18-13-16-10(15)6-11(17-13)26-2/h3-6H,7H2,1-2H3,(H2,16,17,18,19,21). The fourth-order valence-corrected chi connectivity index (χ4v) is 5.80. The lowest BCUT2D eigenvalue weighted by atomic mass is 10.2. The maximum atomic E-state index is 12.6. The second-order valence-corrected chi connectivity index (χ2v) is 9.64. The van der Waals surface area contributed by atoms with E-state index in [1.165, 1.54) is 32.4 Å². The van der Waals surface area contributed by atoms with Crippen molar-refractivity contribution in [2.24, 2.45) is 0 Å². The van der Waals surface area contributed by atoms with Crippen molar-refractivity contribution in [3.8, 4) is 5.88 Å². The van der Waals surface area contributed by atoms with E-state index in [0.29, 0.717) is 5.56 Å². The van der Waals surface area contributed by atoms with Gasteiger partial charge in [0.15, 0.2) is 0 Å². The van der Waals surface area contributed by atoms with Crippen LogP contribution in [0.1, 0.15) is 5.56 Å². The summed E-state index contributed by atoms with van der Waals surface area (Å²) in [4.78, 5) is 18.7. The summed E-state index contributed by atoms with van der Waals surface area (Å²) in [5, 5.41) is 2.06. The number of nitrogens with one attached hydrogen (secondary N) is 2. The number of ether oxygens (including phenoxy) is 1. The van der Waals surface area contributed by atoms with Crippen LogP contribution in [-0.2, 0) is 26.6 Å². The van der Waals surface area contributed by atoms with Crippen LogP contribution in [0.15, 0.2) is 34.1 Å². The molecule has 1 aromatic carbocycles. The van der Waals surface area contributed by atoms with Gasteiger partial charge in [0, 0.05) is 19.7 Å². The second-order valence-electron chi connectivity index (χ2n) is 5.62. The summed E-state index contributed by atoms with van der Waals surface area (Å²) < 4.78 is 57.7. The summed E-state index contributed by atoms with van der Waals surface area (Å²) in [5.74, 6) is -0.254. The highest BCUT2D eigenvalue weighted by molar-refractivity contribution is 7.92. The molecule has 0 bridgehead atoms. The van der Waals surface area contributed by atoms with E-state index in [1.54, 1.807) is 4.72 Å². The van der Waals surface area contributed by atoms with E-state index in [0.717, 1.165) is 10.4 Å². The van der Waals surface area contributed by atoms with Crippen LogP contribution >= 0.6 is 11.6 Å². The summed E-state index contributed by atoms with van der Waals surface area (Å²) in [6.45, 7) is 0.0311. The summed E-state index contributed by atoms with van der Waals surface area (Å²) in [6, 6.07) is 4.08. The number of hydrogen-bond acceptors (Lipinski definition) is 8. The van der Waals surface area contributed by atoms with Gasteiger partial charge in [0.1, 0.15) is 14.9 Å². The number of amides is 2. The first-order valence-electron chi connectivity index (χ1n) is 7.55. The molecular formula is C14H14ClN5O6S2. The third-order valence-corrected chi connectivity index (χ3v) is 7.39. The molecular weight excluding hydrogens is 434 g/mol. The van der Waals surface area contributed by atoms with E-state index in [9.17, 15) is 21.6 Å². The smallest absolute Gasteiger partial charge is 0.335 e. The third-order valence-electron chi connectivity index (χ3n) is 3.74. The number of anilines is 1. The average Bonchev–Trinajstić information content (AvgIpc) is 2.83. The summed E-state index contributed by atoms with van der Waals surface area (Å²) in [7, 11) is -5.85. The van der Waals surface area contributed by atoms with E-state index in [2.05, 4.69) is 15.3 Å². The molecule has 0 unspecified atom stereocenters. The highest BCUT2D eigenvalue weighted by Gasteiger charge is 2.38. The van der Waals surface area contributed by atoms with Crippen molar-refractivity contribution in [3.63, 3.8) is 0 Å². The van der Waals surface area contributed by atoms with Crippen LogP contribution in [0.2, 0.25) is 5.15 Å². The Morgan fingerprint density at radius 3 is 2.71 bits per heavy atom. The Balaban J connectivity index is 1.89. The number of urea groups is 1. The largest absolute Gasteiger partial charge is 0.481 e. The van der Waals surface area contributed by atoms with E-state index < -0.39 is 31.0 Å². The van der Waals surface area contributed by atoms with Gasteiger partial charge in [-0.05, 0) is 11.6 Å². The van der Waals surface area contributed by atoms with Gasteiger partial charge >= 0.3 is 6.03 Å². The zero-order valence-corrected chi connectivity index (χ0v) is 16.9. The number of hydrogen-bond donors (Lipinski definition) is 2. The number of aromatic nitrogens is 2. The van der Waals surface area contributed by atoms with Crippen molar-refractivity contribution >= 4 is 43.6 Å². The maximum Gasteiger partial charge on any atom is 0.335 e. The molecule has 1 aromatic heterocycles. The van der Waals surface area contributed by atoms with Crippen LogP contribution in [0.5, 0.6) is 5.88 Å². The Bertz CT molecular complexity index is 1170. The molecule has 0 saturated carbocycles. The fourth-order valence-electron chi connectivity index (χ4n) is 2.53. The van der Waals surface area contributed by atoms with Gasteiger partial charge in [0.2, 0.25) is 21.9 Å². The van der Waals surface area contributed by atoms with Gasteiger partial charge in [0.05, 0.1) is 7.11 Å². The zero-order chi connectivity index (χ0) is 20.7. The number of benzene rings is 1.